The van der Waals surface area contributed by atoms with Crippen molar-refractivity contribution in [2.45, 2.75) is 97.3 Å². The molecule has 0 aromatic carbocycles. The largest absolute Gasteiger partial charge is 0.459 e. The smallest absolute Gasteiger partial charge is 0.291 e. The van der Waals surface area contributed by atoms with E-state index in [-0.39, 0.29) is 60.7 Å². The minimum Gasteiger partial charge on any atom is -0.459 e. The predicted molar refractivity (Wildman–Crippen MR) is 143 cm³/mol. The lowest BCUT2D eigenvalue weighted by Crippen LogP contribution is -2.69. The number of piperazine rings is 1. The van der Waals surface area contributed by atoms with Gasteiger partial charge < -0.3 is 24.4 Å². The lowest BCUT2D eigenvalue weighted by atomic mass is 9.88. The van der Waals surface area contributed by atoms with Gasteiger partial charge in [0.05, 0.1) is 12.8 Å². The van der Waals surface area contributed by atoms with Gasteiger partial charge in [-0.15, -0.1) is 0 Å². The Morgan fingerprint density at radius 2 is 1.76 bits per heavy atom. The highest BCUT2D eigenvalue weighted by atomic mass is 16.3. The van der Waals surface area contributed by atoms with Crippen LogP contribution in [0.3, 0.4) is 0 Å². The van der Waals surface area contributed by atoms with E-state index in [0.29, 0.717) is 25.3 Å². The zero-order valence-corrected chi connectivity index (χ0v) is 23.4. The monoisotopic (exact) mass is 528 g/mol. The maximum absolute atomic E-state index is 14.1. The molecule has 1 N–H and O–H groups in total. The first-order chi connectivity index (χ1) is 18.2. The van der Waals surface area contributed by atoms with E-state index < -0.39 is 18.2 Å². The Morgan fingerprint density at radius 1 is 1.03 bits per heavy atom. The Balaban J connectivity index is 1.68. The lowest BCUT2D eigenvalue weighted by Gasteiger charge is -2.49. The Bertz CT molecular complexity index is 985. The summed E-state index contributed by atoms with van der Waals surface area (Å²) in [5, 5.41) is 2.92. The first-order valence-electron chi connectivity index (χ1n) is 14.4. The number of fused-ring (bicyclic) bond motifs is 1. The number of carbonyl (C=O) groups excluding carboxylic acids is 4. The summed E-state index contributed by atoms with van der Waals surface area (Å²) >= 11 is 0. The molecule has 3 fully saturated rings. The first kappa shape index (κ1) is 28.2. The van der Waals surface area contributed by atoms with Crippen molar-refractivity contribution in [3.05, 3.63) is 24.2 Å². The molecule has 0 radical (unpaired) electrons. The van der Waals surface area contributed by atoms with Gasteiger partial charge in [-0.25, -0.2) is 0 Å². The molecule has 1 saturated carbocycles. The van der Waals surface area contributed by atoms with E-state index in [1.807, 2.05) is 32.6 Å². The van der Waals surface area contributed by atoms with Gasteiger partial charge in [-0.3, -0.25) is 19.2 Å². The summed E-state index contributed by atoms with van der Waals surface area (Å²) < 4.78 is 5.45. The van der Waals surface area contributed by atoms with Crippen LogP contribution in [0.25, 0.3) is 0 Å². The molecule has 2 saturated heterocycles. The quantitative estimate of drug-likeness (QED) is 0.555. The van der Waals surface area contributed by atoms with Crippen LogP contribution in [0.2, 0.25) is 0 Å². The van der Waals surface area contributed by atoms with Crippen LogP contribution < -0.4 is 5.32 Å². The van der Waals surface area contributed by atoms with Crippen molar-refractivity contribution >= 4 is 23.6 Å². The molecule has 210 valence electrons. The molecule has 2 aliphatic heterocycles. The predicted octanol–water partition coefficient (Wildman–Crippen LogP) is 3.65. The van der Waals surface area contributed by atoms with Crippen molar-refractivity contribution < 1.29 is 23.6 Å². The first-order valence-corrected chi connectivity index (χ1v) is 14.4. The molecule has 3 aliphatic rings. The summed E-state index contributed by atoms with van der Waals surface area (Å²) in [5.74, 6) is 0.142. The highest BCUT2D eigenvalue weighted by Crippen LogP contribution is 2.32. The number of carbonyl (C=O) groups is 4. The van der Waals surface area contributed by atoms with Gasteiger partial charge in [0, 0.05) is 19.5 Å². The van der Waals surface area contributed by atoms with Gasteiger partial charge in [-0.1, -0.05) is 47.0 Å². The van der Waals surface area contributed by atoms with E-state index >= 15 is 0 Å². The number of hydrogen-bond donors (Lipinski definition) is 1. The summed E-state index contributed by atoms with van der Waals surface area (Å²) in [6.07, 6.45) is 7.74. The van der Waals surface area contributed by atoms with Crippen molar-refractivity contribution in [1.82, 2.24) is 20.0 Å². The summed E-state index contributed by atoms with van der Waals surface area (Å²) in [7, 11) is 0. The van der Waals surface area contributed by atoms with E-state index in [1.165, 1.54) is 25.5 Å². The molecule has 1 aromatic rings. The van der Waals surface area contributed by atoms with E-state index in [2.05, 4.69) is 5.32 Å². The fraction of sp³-hybridized carbons (Fsp3) is 0.724. The maximum atomic E-state index is 14.1. The van der Waals surface area contributed by atoms with Crippen LogP contribution in [0, 0.1) is 17.8 Å². The van der Waals surface area contributed by atoms with Crippen molar-refractivity contribution in [3.8, 4) is 0 Å². The molecular weight excluding hydrogens is 484 g/mol. The second-order valence-electron chi connectivity index (χ2n) is 12.1. The van der Waals surface area contributed by atoms with Crippen molar-refractivity contribution in [2.75, 3.05) is 19.6 Å². The molecule has 4 rings (SSSR count). The van der Waals surface area contributed by atoms with Crippen molar-refractivity contribution in [3.63, 3.8) is 0 Å². The number of nitrogens with zero attached hydrogens (tertiary/aromatic N) is 3. The number of amides is 4. The van der Waals surface area contributed by atoms with Crippen LogP contribution in [-0.2, 0) is 14.4 Å². The summed E-state index contributed by atoms with van der Waals surface area (Å²) in [4.78, 5) is 59.6. The molecule has 0 spiro atoms. The van der Waals surface area contributed by atoms with Crippen LogP contribution in [0.4, 0.5) is 0 Å². The van der Waals surface area contributed by atoms with Gasteiger partial charge in [-0.05, 0) is 55.6 Å². The third kappa shape index (κ3) is 6.41. The van der Waals surface area contributed by atoms with E-state index in [1.54, 1.807) is 21.9 Å². The van der Waals surface area contributed by atoms with E-state index in [9.17, 15) is 19.2 Å². The normalized spacial score (nSPS) is 25.1. The standard InChI is InChI=1S/C29H44N4O5/c1-19(2)15-23-28(36)31(17-21-9-6-5-7-10-21)18-26-32(29(37)24-11-8-14-38-24)13-12-22(27(35)33(23)26)30-25(34)16-20(3)4/h8,11,14,19-23,26H,5-7,9-10,12-13,15-18H2,1-4H3,(H,30,34)/t22?,23-,26?/m0/s1. The van der Waals surface area contributed by atoms with Crippen LogP contribution in [0.15, 0.2) is 22.8 Å². The molecule has 1 aromatic heterocycles. The lowest BCUT2D eigenvalue weighted by molar-refractivity contribution is -0.163. The molecule has 1 aliphatic carbocycles. The van der Waals surface area contributed by atoms with Gasteiger partial charge >= 0.3 is 0 Å². The number of furan rings is 1. The summed E-state index contributed by atoms with van der Waals surface area (Å²) in [6, 6.07) is 1.83. The van der Waals surface area contributed by atoms with Gasteiger partial charge in [0.1, 0.15) is 18.2 Å². The molecule has 2 unspecified atom stereocenters. The molecule has 3 atom stereocenters. The minimum absolute atomic E-state index is 0.0478. The van der Waals surface area contributed by atoms with Gasteiger partial charge in [0.2, 0.25) is 17.7 Å². The fourth-order valence-corrected chi connectivity index (χ4v) is 6.23. The Labute approximate surface area is 226 Å². The number of nitrogens with one attached hydrogen (secondary N) is 1. The molecular formula is C29H44N4O5. The Morgan fingerprint density at radius 3 is 2.39 bits per heavy atom. The van der Waals surface area contributed by atoms with Crippen LogP contribution in [-0.4, -0.2) is 76.2 Å². The van der Waals surface area contributed by atoms with E-state index in [4.69, 9.17) is 4.42 Å². The highest BCUT2D eigenvalue weighted by Gasteiger charge is 2.50. The third-order valence-corrected chi connectivity index (χ3v) is 8.03. The average Bonchev–Trinajstić information content (AvgIpc) is 3.36. The number of rotatable bonds is 8. The molecule has 4 amide bonds. The SMILES string of the molecule is CC(C)CC(=O)NC1CCN(C(=O)c2ccco2)C2CN(CC3CCCCC3)C(=O)[C@H](CC(C)C)N2C1=O. The molecule has 0 bridgehead atoms. The van der Waals surface area contributed by atoms with Gasteiger partial charge in [0.15, 0.2) is 5.76 Å². The zero-order valence-electron chi connectivity index (χ0n) is 23.4. The minimum atomic E-state index is -0.787. The zero-order chi connectivity index (χ0) is 27.4. The molecule has 9 heteroatoms. The second kappa shape index (κ2) is 12.3. The number of hydrogen-bond acceptors (Lipinski definition) is 5. The van der Waals surface area contributed by atoms with Crippen molar-refractivity contribution in [2.24, 2.45) is 17.8 Å². The Kier molecular flexibility index (Phi) is 9.15. The van der Waals surface area contributed by atoms with E-state index in [0.717, 1.165) is 12.8 Å². The van der Waals surface area contributed by atoms with Gasteiger partial charge in [-0.2, -0.15) is 0 Å². The molecule has 3 heterocycles. The second-order valence-corrected chi connectivity index (χ2v) is 12.1. The van der Waals surface area contributed by atoms with Crippen LogP contribution in [0.1, 0.15) is 89.6 Å². The summed E-state index contributed by atoms with van der Waals surface area (Å²) in [6.45, 7) is 9.20. The van der Waals surface area contributed by atoms with Crippen LogP contribution in [0.5, 0.6) is 0 Å². The fourth-order valence-electron chi connectivity index (χ4n) is 6.23. The molecule has 9 nitrogen and oxygen atoms in total. The van der Waals surface area contributed by atoms with Gasteiger partial charge in [0.25, 0.3) is 5.91 Å². The Hall–Kier alpha value is -2.84. The maximum Gasteiger partial charge on any atom is 0.291 e. The van der Waals surface area contributed by atoms with Crippen LogP contribution >= 0.6 is 0 Å². The molecule has 38 heavy (non-hydrogen) atoms. The summed E-state index contributed by atoms with van der Waals surface area (Å²) in [5.41, 5.74) is 0. The van der Waals surface area contributed by atoms with Crippen molar-refractivity contribution in [1.29, 1.82) is 0 Å². The third-order valence-electron chi connectivity index (χ3n) is 8.03. The topological polar surface area (TPSA) is 103 Å². The average molecular weight is 529 g/mol. The highest BCUT2D eigenvalue weighted by molar-refractivity contribution is 5.96.